The predicted octanol–water partition coefficient (Wildman–Crippen LogP) is 3.42. The first-order valence-corrected chi connectivity index (χ1v) is 5.47. The third kappa shape index (κ3) is 3.45. The van der Waals surface area contributed by atoms with E-state index in [0.29, 0.717) is 18.9 Å². The first-order chi connectivity index (χ1) is 7.29. The minimum atomic E-state index is 0.454. The number of para-hydroxylation sites is 1. The number of hydrogen-bond acceptors (Lipinski definition) is 2. The van der Waals surface area contributed by atoms with Crippen molar-refractivity contribution in [3.63, 3.8) is 0 Å². The maximum atomic E-state index is 8.39. The largest absolute Gasteiger partial charge is 0.493 e. The van der Waals surface area contributed by atoms with Crippen LogP contribution in [0.5, 0.6) is 5.75 Å². The average Bonchev–Trinajstić information content (AvgIpc) is 2.26. The van der Waals surface area contributed by atoms with E-state index >= 15 is 0 Å². The highest BCUT2D eigenvalue weighted by molar-refractivity contribution is 6.17. The second-order valence-corrected chi connectivity index (χ2v) is 3.57. The van der Waals surface area contributed by atoms with Gasteiger partial charge in [0.05, 0.1) is 18.6 Å². The van der Waals surface area contributed by atoms with Crippen LogP contribution in [-0.4, -0.2) is 6.61 Å². The zero-order chi connectivity index (χ0) is 11.1. The van der Waals surface area contributed by atoms with Crippen LogP contribution in [0.4, 0.5) is 0 Å². The Morgan fingerprint density at radius 3 is 2.93 bits per heavy atom. The van der Waals surface area contributed by atoms with Crippen LogP contribution in [0.15, 0.2) is 18.2 Å². The van der Waals surface area contributed by atoms with Crippen LogP contribution in [0, 0.1) is 18.3 Å². The van der Waals surface area contributed by atoms with Crippen molar-refractivity contribution in [2.24, 2.45) is 0 Å². The van der Waals surface area contributed by atoms with Gasteiger partial charge in [-0.1, -0.05) is 18.2 Å². The molecule has 0 amide bonds. The maximum absolute atomic E-state index is 8.39. The Hall–Kier alpha value is -1.20. The number of nitrogens with zero attached hydrogens (tertiary/aromatic N) is 1. The Morgan fingerprint density at radius 1 is 1.47 bits per heavy atom. The Morgan fingerprint density at radius 2 is 2.27 bits per heavy atom. The van der Waals surface area contributed by atoms with Gasteiger partial charge in [0, 0.05) is 12.0 Å². The van der Waals surface area contributed by atoms with Gasteiger partial charge in [0.2, 0.25) is 0 Å². The third-order valence-electron chi connectivity index (χ3n) is 2.12. The van der Waals surface area contributed by atoms with E-state index in [1.54, 1.807) is 0 Å². The third-order valence-corrected chi connectivity index (χ3v) is 2.40. The molecule has 0 atom stereocenters. The van der Waals surface area contributed by atoms with Crippen LogP contribution < -0.4 is 4.74 Å². The lowest BCUT2D eigenvalue weighted by molar-refractivity contribution is 0.308. The number of hydrogen-bond donors (Lipinski definition) is 0. The molecule has 0 fully saturated rings. The molecule has 0 N–H and O–H groups in total. The van der Waals surface area contributed by atoms with Crippen molar-refractivity contribution in [2.45, 2.75) is 25.6 Å². The summed E-state index contributed by atoms with van der Waals surface area (Å²) in [6.07, 6.45) is 1.29. The zero-order valence-electron chi connectivity index (χ0n) is 8.79. The highest BCUT2D eigenvalue weighted by Crippen LogP contribution is 2.24. The number of rotatable bonds is 5. The number of unbranched alkanes of at least 4 members (excludes halogenated alkanes) is 1. The van der Waals surface area contributed by atoms with Crippen LogP contribution in [0.2, 0.25) is 0 Å². The minimum absolute atomic E-state index is 0.454. The Kier molecular flexibility index (Phi) is 5.00. The molecule has 0 saturated heterocycles. The van der Waals surface area contributed by atoms with E-state index < -0.39 is 0 Å². The topological polar surface area (TPSA) is 33.0 Å². The molecule has 0 bridgehead atoms. The lowest BCUT2D eigenvalue weighted by atomic mass is 10.1. The SMILES string of the molecule is Cc1cccc(CCl)c1OCCCC#N. The Labute approximate surface area is 95.4 Å². The summed E-state index contributed by atoms with van der Waals surface area (Å²) in [6, 6.07) is 8.01. The van der Waals surface area contributed by atoms with E-state index in [1.165, 1.54) is 0 Å². The van der Waals surface area contributed by atoms with E-state index in [9.17, 15) is 0 Å². The monoisotopic (exact) mass is 223 g/mol. The Balaban J connectivity index is 2.63. The summed E-state index contributed by atoms with van der Waals surface area (Å²) >= 11 is 5.81. The number of benzene rings is 1. The molecular formula is C12H14ClNO. The molecular weight excluding hydrogens is 210 g/mol. The smallest absolute Gasteiger partial charge is 0.126 e. The molecule has 3 heteroatoms. The van der Waals surface area contributed by atoms with Crippen LogP contribution in [-0.2, 0) is 5.88 Å². The first-order valence-electron chi connectivity index (χ1n) is 4.93. The second-order valence-electron chi connectivity index (χ2n) is 3.31. The van der Waals surface area contributed by atoms with Crippen molar-refractivity contribution in [3.8, 4) is 11.8 Å². The van der Waals surface area contributed by atoms with Crippen LogP contribution in [0.1, 0.15) is 24.0 Å². The van der Waals surface area contributed by atoms with Crippen LogP contribution in [0.25, 0.3) is 0 Å². The molecule has 1 aromatic carbocycles. The van der Waals surface area contributed by atoms with E-state index in [-0.39, 0.29) is 0 Å². The Bertz CT molecular complexity index is 357. The molecule has 0 aromatic heterocycles. The van der Waals surface area contributed by atoms with Gasteiger partial charge in [-0.25, -0.2) is 0 Å². The standard InChI is InChI=1S/C12H14ClNO/c1-10-5-4-6-11(9-13)12(10)15-8-3-2-7-14/h4-6H,2-3,8-9H2,1H3. The van der Waals surface area contributed by atoms with Gasteiger partial charge >= 0.3 is 0 Å². The fourth-order valence-electron chi connectivity index (χ4n) is 1.35. The summed E-state index contributed by atoms with van der Waals surface area (Å²) in [5.74, 6) is 1.32. The van der Waals surface area contributed by atoms with Crippen molar-refractivity contribution in [1.29, 1.82) is 5.26 Å². The van der Waals surface area contributed by atoms with Gasteiger partial charge in [-0.2, -0.15) is 5.26 Å². The van der Waals surface area contributed by atoms with E-state index in [1.807, 2.05) is 25.1 Å². The lowest BCUT2D eigenvalue weighted by Crippen LogP contribution is -2.01. The van der Waals surface area contributed by atoms with Gasteiger partial charge in [-0.3, -0.25) is 0 Å². The van der Waals surface area contributed by atoms with Gasteiger partial charge in [0.15, 0.2) is 0 Å². The zero-order valence-corrected chi connectivity index (χ0v) is 9.55. The van der Waals surface area contributed by atoms with Gasteiger partial charge in [-0.15, -0.1) is 11.6 Å². The number of ether oxygens (including phenoxy) is 1. The number of aryl methyl sites for hydroxylation is 1. The molecule has 0 heterocycles. The summed E-state index contributed by atoms with van der Waals surface area (Å²) < 4.78 is 5.63. The molecule has 1 rings (SSSR count). The van der Waals surface area contributed by atoms with Gasteiger partial charge in [0.25, 0.3) is 0 Å². The molecule has 0 saturated carbocycles. The fraction of sp³-hybridized carbons (Fsp3) is 0.417. The van der Waals surface area contributed by atoms with Crippen molar-refractivity contribution in [3.05, 3.63) is 29.3 Å². The van der Waals surface area contributed by atoms with Crippen molar-refractivity contribution in [2.75, 3.05) is 6.61 Å². The summed E-state index contributed by atoms with van der Waals surface area (Å²) in [5, 5.41) is 8.39. The molecule has 80 valence electrons. The van der Waals surface area contributed by atoms with Crippen molar-refractivity contribution in [1.82, 2.24) is 0 Å². The molecule has 0 radical (unpaired) electrons. The molecule has 2 nitrogen and oxygen atoms in total. The lowest BCUT2D eigenvalue weighted by Gasteiger charge is -2.11. The van der Waals surface area contributed by atoms with E-state index in [2.05, 4.69) is 6.07 Å². The quantitative estimate of drug-likeness (QED) is 0.566. The van der Waals surface area contributed by atoms with E-state index in [4.69, 9.17) is 21.6 Å². The molecule has 0 aliphatic rings. The van der Waals surface area contributed by atoms with Gasteiger partial charge in [0.1, 0.15) is 5.75 Å². The van der Waals surface area contributed by atoms with Crippen molar-refractivity contribution < 1.29 is 4.74 Å². The molecule has 0 spiro atoms. The predicted molar refractivity (Wildman–Crippen MR) is 61.1 cm³/mol. The van der Waals surface area contributed by atoms with Crippen LogP contribution in [0.3, 0.4) is 0 Å². The summed E-state index contributed by atoms with van der Waals surface area (Å²) in [5.41, 5.74) is 2.10. The van der Waals surface area contributed by atoms with Gasteiger partial charge in [-0.05, 0) is 18.9 Å². The molecule has 1 aromatic rings. The molecule has 0 aliphatic heterocycles. The number of nitriles is 1. The highest BCUT2D eigenvalue weighted by atomic mass is 35.5. The van der Waals surface area contributed by atoms with Gasteiger partial charge < -0.3 is 4.74 Å². The molecule has 0 aliphatic carbocycles. The summed E-state index contributed by atoms with van der Waals surface area (Å²) in [4.78, 5) is 0. The normalized spacial score (nSPS) is 9.67. The fourth-order valence-corrected chi connectivity index (χ4v) is 1.56. The van der Waals surface area contributed by atoms with Crippen LogP contribution >= 0.6 is 11.6 Å². The highest BCUT2D eigenvalue weighted by Gasteiger charge is 2.05. The first kappa shape index (κ1) is 11.9. The maximum Gasteiger partial charge on any atom is 0.126 e. The van der Waals surface area contributed by atoms with Crippen molar-refractivity contribution >= 4 is 11.6 Å². The second kappa shape index (κ2) is 6.31. The summed E-state index contributed by atoms with van der Waals surface area (Å²) in [7, 11) is 0. The minimum Gasteiger partial charge on any atom is -0.493 e. The summed E-state index contributed by atoms with van der Waals surface area (Å²) in [6.45, 7) is 2.57. The number of halogens is 1. The number of alkyl halides is 1. The average molecular weight is 224 g/mol. The van der Waals surface area contributed by atoms with E-state index in [0.717, 1.165) is 23.3 Å². The molecule has 15 heavy (non-hydrogen) atoms. The molecule has 0 unspecified atom stereocenters.